The summed E-state index contributed by atoms with van der Waals surface area (Å²) >= 11 is 3.22. The molecule has 2 aromatic carbocycles. The fourth-order valence-corrected chi connectivity index (χ4v) is 1.97. The number of hydrogen-bond acceptors (Lipinski definition) is 1. The second-order valence-corrected chi connectivity index (χ2v) is 5.22. The first-order chi connectivity index (χ1) is 10.2. The van der Waals surface area contributed by atoms with Crippen molar-refractivity contribution in [2.75, 3.05) is 5.32 Å². The molecule has 0 heterocycles. The zero-order valence-electron chi connectivity index (χ0n) is 10.9. The highest BCUT2D eigenvalue weighted by Gasteiger charge is 2.29. The van der Waals surface area contributed by atoms with Crippen molar-refractivity contribution < 1.29 is 26.7 Å². The number of halogens is 6. The number of nitrogens with one attached hydrogen (secondary N) is 1. The SMILES string of the molecule is Cc1cc(NC(=O)c2c(F)c(F)c(F)c(F)c2F)ccc1Br. The molecule has 8 heteroatoms. The summed E-state index contributed by atoms with van der Waals surface area (Å²) in [5.74, 6) is -12.4. The number of amides is 1. The van der Waals surface area contributed by atoms with Gasteiger partial charge in [-0.2, -0.15) is 0 Å². The van der Waals surface area contributed by atoms with Crippen LogP contribution in [0.15, 0.2) is 22.7 Å². The average molecular weight is 380 g/mol. The molecular weight excluding hydrogens is 373 g/mol. The standard InChI is InChI=1S/C14H7BrF5NO/c1-5-4-6(2-3-7(5)15)21-14(22)8-9(16)11(18)13(20)12(19)10(8)17/h2-4H,1H3,(H,21,22). The molecule has 0 saturated heterocycles. The minimum atomic E-state index is -2.31. The molecule has 0 aliphatic carbocycles. The number of carbonyl (C=O) groups excluding carboxylic acids is 1. The van der Waals surface area contributed by atoms with E-state index in [0.717, 1.165) is 4.47 Å². The zero-order chi connectivity index (χ0) is 16.6. The molecule has 22 heavy (non-hydrogen) atoms. The third kappa shape index (κ3) is 2.83. The van der Waals surface area contributed by atoms with Gasteiger partial charge in [0.05, 0.1) is 0 Å². The van der Waals surface area contributed by atoms with E-state index in [1.165, 1.54) is 12.1 Å². The van der Waals surface area contributed by atoms with Crippen molar-refractivity contribution in [1.82, 2.24) is 0 Å². The molecule has 0 bridgehead atoms. The van der Waals surface area contributed by atoms with E-state index in [9.17, 15) is 26.7 Å². The Morgan fingerprint density at radius 3 is 1.95 bits per heavy atom. The molecule has 0 aromatic heterocycles. The number of hydrogen-bond donors (Lipinski definition) is 1. The van der Waals surface area contributed by atoms with E-state index < -0.39 is 40.6 Å². The summed E-state index contributed by atoms with van der Waals surface area (Å²) in [5.41, 5.74) is -0.679. The maximum atomic E-state index is 13.5. The van der Waals surface area contributed by atoms with Gasteiger partial charge in [-0.3, -0.25) is 4.79 Å². The first-order valence-electron chi connectivity index (χ1n) is 5.83. The van der Waals surface area contributed by atoms with Crippen LogP contribution in [0.1, 0.15) is 15.9 Å². The number of aryl methyl sites for hydroxylation is 1. The third-order valence-electron chi connectivity index (χ3n) is 2.85. The van der Waals surface area contributed by atoms with Gasteiger partial charge in [0.25, 0.3) is 5.91 Å². The Morgan fingerprint density at radius 2 is 1.45 bits per heavy atom. The minimum Gasteiger partial charge on any atom is -0.322 e. The molecule has 0 spiro atoms. The lowest BCUT2D eigenvalue weighted by atomic mass is 10.1. The minimum absolute atomic E-state index is 0.148. The molecule has 2 rings (SSSR count). The maximum absolute atomic E-state index is 13.5. The molecule has 2 aromatic rings. The normalized spacial score (nSPS) is 10.7. The lowest BCUT2D eigenvalue weighted by Gasteiger charge is -2.10. The highest BCUT2D eigenvalue weighted by molar-refractivity contribution is 9.10. The monoisotopic (exact) mass is 379 g/mol. The zero-order valence-corrected chi connectivity index (χ0v) is 12.5. The number of benzene rings is 2. The van der Waals surface area contributed by atoms with Crippen LogP contribution >= 0.6 is 15.9 Å². The predicted molar refractivity (Wildman–Crippen MR) is 73.1 cm³/mol. The van der Waals surface area contributed by atoms with E-state index in [-0.39, 0.29) is 5.69 Å². The lowest BCUT2D eigenvalue weighted by molar-refractivity contribution is 0.101. The van der Waals surface area contributed by atoms with Gasteiger partial charge < -0.3 is 5.32 Å². The Balaban J connectivity index is 2.44. The van der Waals surface area contributed by atoms with Gasteiger partial charge >= 0.3 is 0 Å². The Morgan fingerprint density at radius 1 is 0.955 bits per heavy atom. The summed E-state index contributed by atoms with van der Waals surface area (Å²) in [6.45, 7) is 1.69. The Hall–Kier alpha value is -1.96. The van der Waals surface area contributed by atoms with Gasteiger partial charge in [-0.15, -0.1) is 0 Å². The molecule has 0 unspecified atom stereocenters. The van der Waals surface area contributed by atoms with Gasteiger partial charge in [0.2, 0.25) is 5.82 Å². The van der Waals surface area contributed by atoms with E-state index in [2.05, 4.69) is 21.2 Å². The molecule has 0 fully saturated rings. The Kier molecular flexibility index (Phi) is 4.50. The van der Waals surface area contributed by atoms with Crippen LogP contribution in [0.4, 0.5) is 27.6 Å². The first-order valence-corrected chi connectivity index (χ1v) is 6.62. The van der Waals surface area contributed by atoms with Crippen molar-refractivity contribution >= 4 is 27.5 Å². The van der Waals surface area contributed by atoms with E-state index in [0.29, 0.717) is 5.56 Å². The summed E-state index contributed by atoms with van der Waals surface area (Å²) in [6, 6.07) is 4.43. The number of carbonyl (C=O) groups is 1. The predicted octanol–water partition coefficient (Wildman–Crippen LogP) is 4.71. The van der Waals surface area contributed by atoms with E-state index in [4.69, 9.17) is 0 Å². The Labute approximate surface area is 130 Å². The fraction of sp³-hybridized carbons (Fsp3) is 0.0714. The number of rotatable bonds is 2. The lowest BCUT2D eigenvalue weighted by Crippen LogP contribution is -2.19. The van der Waals surface area contributed by atoms with Gasteiger partial charge in [-0.1, -0.05) is 15.9 Å². The highest BCUT2D eigenvalue weighted by Crippen LogP contribution is 2.25. The molecular formula is C14H7BrF5NO. The van der Waals surface area contributed by atoms with Crippen molar-refractivity contribution in [2.24, 2.45) is 0 Å². The summed E-state index contributed by atoms with van der Waals surface area (Å²) in [5, 5.41) is 2.09. The second-order valence-electron chi connectivity index (χ2n) is 4.36. The molecule has 0 saturated carbocycles. The van der Waals surface area contributed by atoms with E-state index in [1.807, 2.05) is 0 Å². The van der Waals surface area contributed by atoms with Crippen molar-refractivity contribution in [3.05, 3.63) is 62.9 Å². The van der Waals surface area contributed by atoms with Crippen LogP contribution < -0.4 is 5.32 Å². The van der Waals surface area contributed by atoms with Crippen LogP contribution in [0.3, 0.4) is 0 Å². The molecule has 2 nitrogen and oxygen atoms in total. The second kappa shape index (κ2) is 6.04. The van der Waals surface area contributed by atoms with Crippen LogP contribution in [0.2, 0.25) is 0 Å². The summed E-state index contributed by atoms with van der Waals surface area (Å²) in [6.07, 6.45) is 0. The van der Waals surface area contributed by atoms with Crippen molar-refractivity contribution in [3.8, 4) is 0 Å². The highest BCUT2D eigenvalue weighted by atomic mass is 79.9. The van der Waals surface area contributed by atoms with Gasteiger partial charge in [0.15, 0.2) is 23.3 Å². The van der Waals surface area contributed by atoms with E-state index in [1.54, 1.807) is 13.0 Å². The van der Waals surface area contributed by atoms with Gasteiger partial charge in [0.1, 0.15) is 5.56 Å². The smallest absolute Gasteiger partial charge is 0.261 e. The maximum Gasteiger partial charge on any atom is 0.261 e. The van der Waals surface area contributed by atoms with Gasteiger partial charge in [-0.25, -0.2) is 22.0 Å². The van der Waals surface area contributed by atoms with Crippen LogP contribution in [-0.2, 0) is 0 Å². The molecule has 1 N–H and O–H groups in total. The van der Waals surface area contributed by atoms with Gasteiger partial charge in [-0.05, 0) is 30.7 Å². The molecule has 0 aliphatic rings. The summed E-state index contributed by atoms with van der Waals surface area (Å²) in [7, 11) is 0. The quantitative estimate of drug-likeness (QED) is 0.457. The fourth-order valence-electron chi connectivity index (χ4n) is 1.72. The van der Waals surface area contributed by atoms with Crippen LogP contribution in [-0.4, -0.2) is 5.91 Å². The molecule has 116 valence electrons. The summed E-state index contributed by atoms with van der Waals surface area (Å²) in [4.78, 5) is 11.8. The third-order valence-corrected chi connectivity index (χ3v) is 3.74. The van der Waals surface area contributed by atoms with E-state index >= 15 is 0 Å². The summed E-state index contributed by atoms with van der Waals surface area (Å²) < 4.78 is 66.8. The molecule has 0 atom stereocenters. The van der Waals surface area contributed by atoms with Crippen LogP contribution in [0.5, 0.6) is 0 Å². The first kappa shape index (κ1) is 16.4. The van der Waals surface area contributed by atoms with Crippen molar-refractivity contribution in [3.63, 3.8) is 0 Å². The topological polar surface area (TPSA) is 29.1 Å². The molecule has 0 radical (unpaired) electrons. The molecule has 0 aliphatic heterocycles. The van der Waals surface area contributed by atoms with Crippen LogP contribution in [0.25, 0.3) is 0 Å². The van der Waals surface area contributed by atoms with Gasteiger partial charge in [0, 0.05) is 10.2 Å². The van der Waals surface area contributed by atoms with Crippen molar-refractivity contribution in [1.29, 1.82) is 0 Å². The average Bonchev–Trinajstić information content (AvgIpc) is 2.47. The van der Waals surface area contributed by atoms with Crippen LogP contribution in [0, 0.1) is 36.0 Å². The largest absolute Gasteiger partial charge is 0.322 e. The Bertz CT molecular complexity index is 749. The van der Waals surface area contributed by atoms with Crippen molar-refractivity contribution in [2.45, 2.75) is 6.92 Å². The number of anilines is 1. The molecule has 1 amide bonds.